The molecule has 0 saturated carbocycles. The van der Waals surface area contributed by atoms with Crippen molar-refractivity contribution in [2.75, 3.05) is 20.1 Å². The molecule has 0 radical (unpaired) electrons. The van der Waals surface area contributed by atoms with E-state index in [9.17, 15) is 4.79 Å². The molecule has 0 saturated heterocycles. The van der Waals surface area contributed by atoms with Crippen molar-refractivity contribution >= 4 is 5.91 Å². The van der Waals surface area contributed by atoms with Crippen LogP contribution in [0.4, 0.5) is 0 Å². The lowest BCUT2D eigenvalue weighted by Crippen LogP contribution is -2.25. The first-order valence-corrected chi connectivity index (χ1v) is 7.73. The lowest BCUT2D eigenvalue weighted by molar-refractivity contribution is -0.120. The second-order valence-electron chi connectivity index (χ2n) is 5.45. The Balaban J connectivity index is 1.64. The first-order valence-electron chi connectivity index (χ1n) is 7.73. The molecule has 0 aliphatic rings. The number of amides is 1. The van der Waals surface area contributed by atoms with Crippen molar-refractivity contribution in [3.8, 4) is 11.8 Å². The van der Waals surface area contributed by atoms with E-state index in [4.69, 9.17) is 0 Å². The number of hydrogen-bond acceptors (Lipinski definition) is 2. The van der Waals surface area contributed by atoms with Gasteiger partial charge in [-0.15, -0.1) is 0 Å². The lowest BCUT2D eigenvalue weighted by atomic mass is 10.1. The summed E-state index contributed by atoms with van der Waals surface area (Å²) in [6.07, 6.45) is 0.399. The summed E-state index contributed by atoms with van der Waals surface area (Å²) in [6.45, 7) is 1.95. The second kappa shape index (κ2) is 9.45. The molecule has 0 bridgehead atoms. The van der Waals surface area contributed by atoms with Gasteiger partial charge >= 0.3 is 0 Å². The Morgan fingerprint density at radius 3 is 2.22 bits per heavy atom. The lowest BCUT2D eigenvalue weighted by Gasteiger charge is -2.12. The Morgan fingerprint density at radius 1 is 0.957 bits per heavy atom. The summed E-state index contributed by atoms with van der Waals surface area (Å²) in [7, 11) is 2.04. The summed E-state index contributed by atoms with van der Waals surface area (Å²) in [6, 6.07) is 20.0. The van der Waals surface area contributed by atoms with E-state index in [1.165, 1.54) is 5.56 Å². The van der Waals surface area contributed by atoms with Crippen molar-refractivity contribution in [2.45, 2.75) is 13.0 Å². The Labute approximate surface area is 138 Å². The Hall–Kier alpha value is -2.57. The van der Waals surface area contributed by atoms with Crippen LogP contribution < -0.4 is 5.32 Å². The number of carbonyl (C=O) groups is 1. The molecular formula is C20H22N2O. The van der Waals surface area contributed by atoms with Crippen LogP contribution >= 0.6 is 0 Å². The van der Waals surface area contributed by atoms with Crippen LogP contribution in [0.2, 0.25) is 0 Å². The molecule has 0 atom stereocenters. The van der Waals surface area contributed by atoms with Gasteiger partial charge in [-0.25, -0.2) is 0 Å². The van der Waals surface area contributed by atoms with Gasteiger partial charge in [0.1, 0.15) is 0 Å². The Morgan fingerprint density at radius 2 is 1.57 bits per heavy atom. The van der Waals surface area contributed by atoms with Crippen molar-refractivity contribution in [3.05, 3.63) is 71.8 Å². The van der Waals surface area contributed by atoms with Crippen LogP contribution in [-0.2, 0) is 17.8 Å². The van der Waals surface area contributed by atoms with Crippen molar-refractivity contribution < 1.29 is 4.79 Å². The smallest absolute Gasteiger partial charge is 0.225 e. The molecule has 2 aromatic carbocycles. The molecule has 0 aliphatic carbocycles. The molecule has 0 heterocycles. The SMILES string of the molecule is CN(CC#CCNC(=O)Cc1ccccc1)Cc1ccccc1. The molecule has 0 aliphatic heterocycles. The van der Waals surface area contributed by atoms with Crippen molar-refractivity contribution in [1.82, 2.24) is 10.2 Å². The van der Waals surface area contributed by atoms with Crippen molar-refractivity contribution in [2.24, 2.45) is 0 Å². The van der Waals surface area contributed by atoms with Crippen molar-refractivity contribution in [3.63, 3.8) is 0 Å². The monoisotopic (exact) mass is 306 g/mol. The average molecular weight is 306 g/mol. The molecule has 23 heavy (non-hydrogen) atoms. The van der Waals surface area contributed by atoms with Gasteiger partial charge in [0.15, 0.2) is 0 Å². The molecule has 3 heteroatoms. The van der Waals surface area contributed by atoms with Gasteiger partial charge in [-0.2, -0.15) is 0 Å². The van der Waals surface area contributed by atoms with Crippen LogP contribution in [0.1, 0.15) is 11.1 Å². The van der Waals surface area contributed by atoms with Gasteiger partial charge in [-0.1, -0.05) is 72.5 Å². The van der Waals surface area contributed by atoms with Crippen LogP contribution in [0.25, 0.3) is 0 Å². The predicted octanol–water partition coefficient (Wildman–Crippen LogP) is 2.48. The zero-order valence-corrected chi connectivity index (χ0v) is 13.5. The van der Waals surface area contributed by atoms with E-state index in [0.717, 1.165) is 12.1 Å². The molecule has 1 N–H and O–H groups in total. The second-order valence-corrected chi connectivity index (χ2v) is 5.45. The first-order chi connectivity index (χ1) is 11.2. The van der Waals surface area contributed by atoms with Crippen LogP contribution in [-0.4, -0.2) is 30.9 Å². The number of hydrogen-bond donors (Lipinski definition) is 1. The number of nitrogens with zero attached hydrogens (tertiary/aromatic N) is 1. The summed E-state index contributed by atoms with van der Waals surface area (Å²) in [4.78, 5) is 13.9. The molecule has 0 fully saturated rings. The van der Waals surface area contributed by atoms with E-state index in [1.54, 1.807) is 0 Å². The number of rotatable bonds is 6. The maximum absolute atomic E-state index is 11.8. The van der Waals surface area contributed by atoms with E-state index in [0.29, 0.717) is 19.5 Å². The van der Waals surface area contributed by atoms with E-state index in [1.807, 2.05) is 55.6 Å². The molecular weight excluding hydrogens is 284 g/mol. The average Bonchev–Trinajstić information content (AvgIpc) is 2.56. The van der Waals surface area contributed by atoms with E-state index in [-0.39, 0.29) is 5.91 Å². The minimum atomic E-state index is 0.00291. The molecule has 0 unspecified atom stereocenters. The van der Waals surface area contributed by atoms with Gasteiger partial charge in [-0.05, 0) is 18.2 Å². The highest BCUT2D eigenvalue weighted by Crippen LogP contribution is 2.01. The molecule has 1 amide bonds. The maximum Gasteiger partial charge on any atom is 0.225 e. The fourth-order valence-electron chi connectivity index (χ4n) is 2.19. The van der Waals surface area contributed by atoms with Crippen LogP contribution in [0.5, 0.6) is 0 Å². The maximum atomic E-state index is 11.8. The largest absolute Gasteiger partial charge is 0.345 e. The minimum absolute atomic E-state index is 0.00291. The molecule has 118 valence electrons. The first kappa shape index (κ1) is 16.8. The highest BCUT2D eigenvalue weighted by molar-refractivity contribution is 5.78. The van der Waals surface area contributed by atoms with Gasteiger partial charge in [0.2, 0.25) is 5.91 Å². The zero-order chi connectivity index (χ0) is 16.3. The minimum Gasteiger partial charge on any atom is -0.345 e. The highest BCUT2D eigenvalue weighted by atomic mass is 16.1. The molecule has 0 aromatic heterocycles. The van der Waals surface area contributed by atoms with Crippen molar-refractivity contribution in [1.29, 1.82) is 0 Å². The van der Waals surface area contributed by atoms with Crippen LogP contribution in [0.3, 0.4) is 0 Å². The molecule has 0 spiro atoms. The molecule has 2 rings (SSSR count). The number of nitrogens with one attached hydrogen (secondary N) is 1. The summed E-state index contributed by atoms with van der Waals surface area (Å²) >= 11 is 0. The van der Waals surface area contributed by atoms with Gasteiger partial charge in [0.25, 0.3) is 0 Å². The van der Waals surface area contributed by atoms with Gasteiger partial charge in [-0.3, -0.25) is 9.69 Å². The van der Waals surface area contributed by atoms with Gasteiger partial charge < -0.3 is 5.32 Å². The van der Waals surface area contributed by atoms with Gasteiger partial charge in [0.05, 0.1) is 19.5 Å². The summed E-state index contributed by atoms with van der Waals surface area (Å²) in [5.74, 6) is 6.08. The summed E-state index contributed by atoms with van der Waals surface area (Å²) in [5, 5.41) is 2.82. The van der Waals surface area contributed by atoms with Crippen LogP contribution in [0.15, 0.2) is 60.7 Å². The van der Waals surface area contributed by atoms with E-state index >= 15 is 0 Å². The van der Waals surface area contributed by atoms with Crippen LogP contribution in [0, 0.1) is 11.8 Å². The predicted molar refractivity (Wildman–Crippen MR) is 93.7 cm³/mol. The van der Waals surface area contributed by atoms with E-state index < -0.39 is 0 Å². The summed E-state index contributed by atoms with van der Waals surface area (Å²) in [5.41, 5.74) is 2.29. The van der Waals surface area contributed by atoms with Gasteiger partial charge in [0, 0.05) is 6.54 Å². The Kier molecular flexibility index (Phi) is 6.90. The number of benzene rings is 2. The highest BCUT2D eigenvalue weighted by Gasteiger charge is 2.00. The third kappa shape index (κ3) is 6.82. The quantitative estimate of drug-likeness (QED) is 0.832. The van der Waals surface area contributed by atoms with E-state index in [2.05, 4.69) is 34.2 Å². The number of carbonyl (C=O) groups excluding carboxylic acids is 1. The normalized spacial score (nSPS) is 10.0. The third-order valence-corrected chi connectivity index (χ3v) is 3.35. The zero-order valence-electron chi connectivity index (χ0n) is 13.5. The fourth-order valence-corrected chi connectivity index (χ4v) is 2.19. The standard InChI is InChI=1S/C20H22N2O/c1-22(17-19-12-6-3-7-13-19)15-9-8-14-21-20(23)16-18-10-4-2-5-11-18/h2-7,10-13H,14-17H2,1H3,(H,21,23). The molecule has 3 nitrogen and oxygen atoms in total. The Bertz CT molecular complexity index is 656. The fraction of sp³-hybridized carbons (Fsp3) is 0.250. The summed E-state index contributed by atoms with van der Waals surface area (Å²) < 4.78 is 0. The third-order valence-electron chi connectivity index (χ3n) is 3.35. The molecule has 2 aromatic rings. The topological polar surface area (TPSA) is 32.3 Å².